The van der Waals surface area contributed by atoms with Crippen molar-refractivity contribution in [2.24, 2.45) is 4.99 Å². The zero-order chi connectivity index (χ0) is 21.3. The van der Waals surface area contributed by atoms with E-state index in [1.807, 2.05) is 36.8 Å². The van der Waals surface area contributed by atoms with Gasteiger partial charge < -0.3 is 20.0 Å². The Balaban J connectivity index is 1.23. The molecule has 2 aliphatic heterocycles. The van der Waals surface area contributed by atoms with Crippen LogP contribution in [0.4, 0.5) is 11.8 Å². The van der Waals surface area contributed by atoms with E-state index in [0.29, 0.717) is 0 Å². The molecule has 4 rings (SSSR count). The Bertz CT molecular complexity index is 798. The lowest BCUT2D eigenvalue weighted by Gasteiger charge is -2.37. The summed E-state index contributed by atoms with van der Waals surface area (Å²) in [5, 5.41) is 3.47. The number of guanidine groups is 1. The van der Waals surface area contributed by atoms with Crippen molar-refractivity contribution in [3.05, 3.63) is 42.9 Å². The first-order chi connectivity index (χ1) is 15.3. The van der Waals surface area contributed by atoms with E-state index in [2.05, 4.69) is 52.9 Å². The molecule has 0 spiro atoms. The minimum atomic E-state index is 0.810. The molecule has 166 valence electrons. The van der Waals surface area contributed by atoms with Crippen LogP contribution in [0.2, 0.25) is 0 Å². The van der Waals surface area contributed by atoms with E-state index in [0.717, 1.165) is 89.7 Å². The molecule has 0 saturated carbocycles. The van der Waals surface area contributed by atoms with E-state index in [-0.39, 0.29) is 0 Å². The van der Waals surface area contributed by atoms with Crippen molar-refractivity contribution in [1.29, 1.82) is 0 Å². The zero-order valence-corrected chi connectivity index (χ0v) is 18.4. The average molecular weight is 424 g/mol. The van der Waals surface area contributed by atoms with Crippen LogP contribution in [-0.4, -0.2) is 103 Å². The molecule has 2 aliphatic rings. The Morgan fingerprint density at radius 3 is 2.26 bits per heavy atom. The molecular formula is C22H33N9. The predicted molar refractivity (Wildman–Crippen MR) is 125 cm³/mol. The van der Waals surface area contributed by atoms with Crippen molar-refractivity contribution >= 4 is 17.7 Å². The van der Waals surface area contributed by atoms with Crippen molar-refractivity contribution in [2.45, 2.75) is 6.92 Å². The van der Waals surface area contributed by atoms with Crippen LogP contribution in [-0.2, 0) is 0 Å². The largest absolute Gasteiger partial charge is 0.357 e. The standard InChI is InChI=1S/C22H33N9/c1-2-23-21(31-18-16-29(17-19-31)20-6-3-4-7-24-20)27-10-11-28-12-14-30(15-13-28)22-25-8-5-9-26-22/h3-9H,2,10-19H2,1H3,(H,23,27). The van der Waals surface area contributed by atoms with Gasteiger partial charge in [-0.05, 0) is 25.1 Å². The Labute approximate surface area is 184 Å². The molecule has 0 amide bonds. The van der Waals surface area contributed by atoms with Crippen LogP contribution in [0.3, 0.4) is 0 Å². The number of aliphatic imine (C=N–C) groups is 1. The first-order valence-electron chi connectivity index (χ1n) is 11.3. The number of hydrogen-bond donors (Lipinski definition) is 1. The van der Waals surface area contributed by atoms with Crippen molar-refractivity contribution < 1.29 is 0 Å². The van der Waals surface area contributed by atoms with Gasteiger partial charge in [0.1, 0.15) is 5.82 Å². The first-order valence-corrected chi connectivity index (χ1v) is 11.3. The monoisotopic (exact) mass is 423 g/mol. The third kappa shape index (κ3) is 5.81. The van der Waals surface area contributed by atoms with Gasteiger partial charge >= 0.3 is 0 Å². The van der Waals surface area contributed by atoms with Gasteiger partial charge in [0, 0.05) is 84.0 Å². The van der Waals surface area contributed by atoms with Crippen molar-refractivity contribution in [2.75, 3.05) is 81.8 Å². The normalized spacial score (nSPS) is 18.4. The van der Waals surface area contributed by atoms with Gasteiger partial charge in [0.25, 0.3) is 0 Å². The Morgan fingerprint density at radius 2 is 1.58 bits per heavy atom. The molecule has 2 fully saturated rings. The van der Waals surface area contributed by atoms with E-state index in [4.69, 9.17) is 4.99 Å². The van der Waals surface area contributed by atoms with Crippen LogP contribution in [0.1, 0.15) is 6.92 Å². The maximum absolute atomic E-state index is 4.92. The number of hydrogen-bond acceptors (Lipinski definition) is 7. The molecule has 0 atom stereocenters. The second-order valence-corrected chi connectivity index (χ2v) is 7.78. The molecule has 2 aromatic rings. The fourth-order valence-electron chi connectivity index (χ4n) is 4.04. The molecular weight excluding hydrogens is 390 g/mol. The van der Waals surface area contributed by atoms with Gasteiger partial charge in [0.05, 0.1) is 6.54 Å². The molecule has 9 nitrogen and oxygen atoms in total. The smallest absolute Gasteiger partial charge is 0.225 e. The van der Waals surface area contributed by atoms with E-state index in [9.17, 15) is 0 Å². The number of nitrogens with zero attached hydrogens (tertiary/aromatic N) is 8. The summed E-state index contributed by atoms with van der Waals surface area (Å²) in [6.45, 7) is 12.6. The van der Waals surface area contributed by atoms with Gasteiger partial charge in [-0.25, -0.2) is 15.0 Å². The number of piperazine rings is 2. The zero-order valence-electron chi connectivity index (χ0n) is 18.4. The molecule has 0 unspecified atom stereocenters. The first kappa shape index (κ1) is 21.3. The molecule has 2 aromatic heterocycles. The van der Waals surface area contributed by atoms with Gasteiger partial charge in [-0.1, -0.05) is 6.07 Å². The summed E-state index contributed by atoms with van der Waals surface area (Å²) in [5.74, 6) is 2.92. The lowest BCUT2D eigenvalue weighted by atomic mass is 10.3. The Morgan fingerprint density at radius 1 is 0.871 bits per heavy atom. The minimum absolute atomic E-state index is 0.810. The lowest BCUT2D eigenvalue weighted by Crippen LogP contribution is -2.53. The van der Waals surface area contributed by atoms with Crippen LogP contribution in [0.25, 0.3) is 0 Å². The molecule has 4 heterocycles. The summed E-state index contributed by atoms with van der Waals surface area (Å²) < 4.78 is 0. The highest BCUT2D eigenvalue weighted by Crippen LogP contribution is 2.13. The third-order valence-electron chi connectivity index (χ3n) is 5.77. The van der Waals surface area contributed by atoms with Gasteiger partial charge in [-0.2, -0.15) is 0 Å². The van der Waals surface area contributed by atoms with Gasteiger partial charge in [0.2, 0.25) is 5.95 Å². The maximum atomic E-state index is 4.92. The number of pyridine rings is 1. The molecule has 1 N–H and O–H groups in total. The molecule has 0 aromatic carbocycles. The van der Waals surface area contributed by atoms with Crippen molar-refractivity contribution in [3.63, 3.8) is 0 Å². The topological polar surface area (TPSA) is 76.0 Å². The van der Waals surface area contributed by atoms with Crippen LogP contribution in [0.5, 0.6) is 0 Å². The van der Waals surface area contributed by atoms with Crippen LogP contribution in [0, 0.1) is 0 Å². The number of rotatable bonds is 6. The second kappa shape index (κ2) is 10.9. The van der Waals surface area contributed by atoms with Crippen LogP contribution < -0.4 is 15.1 Å². The van der Waals surface area contributed by atoms with Crippen LogP contribution in [0.15, 0.2) is 47.8 Å². The molecule has 0 bridgehead atoms. The molecule has 9 heteroatoms. The van der Waals surface area contributed by atoms with E-state index in [1.165, 1.54) is 0 Å². The second-order valence-electron chi connectivity index (χ2n) is 7.78. The fraction of sp³-hybridized carbons (Fsp3) is 0.545. The number of anilines is 2. The summed E-state index contributed by atoms with van der Waals surface area (Å²) in [6.07, 6.45) is 5.48. The lowest BCUT2D eigenvalue weighted by molar-refractivity contribution is 0.263. The van der Waals surface area contributed by atoms with Crippen molar-refractivity contribution in [1.82, 2.24) is 30.1 Å². The summed E-state index contributed by atoms with van der Waals surface area (Å²) in [5.41, 5.74) is 0. The van der Waals surface area contributed by atoms with Gasteiger partial charge in [-0.3, -0.25) is 9.89 Å². The number of nitrogens with one attached hydrogen (secondary N) is 1. The molecule has 0 radical (unpaired) electrons. The maximum Gasteiger partial charge on any atom is 0.225 e. The fourth-order valence-corrected chi connectivity index (χ4v) is 4.04. The SMILES string of the molecule is CCNC(=NCCN1CCN(c2ncccn2)CC1)N1CCN(c2ccccn2)CC1. The van der Waals surface area contributed by atoms with E-state index in [1.54, 1.807) is 0 Å². The van der Waals surface area contributed by atoms with Crippen LogP contribution >= 0.6 is 0 Å². The highest BCUT2D eigenvalue weighted by atomic mass is 15.4. The minimum Gasteiger partial charge on any atom is -0.357 e. The quantitative estimate of drug-likeness (QED) is 0.540. The Kier molecular flexibility index (Phi) is 7.49. The predicted octanol–water partition coefficient (Wildman–Crippen LogP) is 0.781. The molecule has 31 heavy (non-hydrogen) atoms. The Hall–Kier alpha value is -2.94. The summed E-state index contributed by atoms with van der Waals surface area (Å²) in [6, 6.07) is 7.95. The highest BCUT2D eigenvalue weighted by Gasteiger charge is 2.21. The summed E-state index contributed by atoms with van der Waals surface area (Å²) >= 11 is 0. The molecule has 0 aliphatic carbocycles. The van der Waals surface area contributed by atoms with E-state index < -0.39 is 0 Å². The van der Waals surface area contributed by atoms with E-state index >= 15 is 0 Å². The highest BCUT2D eigenvalue weighted by molar-refractivity contribution is 5.80. The third-order valence-corrected chi connectivity index (χ3v) is 5.77. The number of aromatic nitrogens is 3. The van der Waals surface area contributed by atoms with Gasteiger partial charge in [0.15, 0.2) is 5.96 Å². The summed E-state index contributed by atoms with van der Waals surface area (Å²) in [7, 11) is 0. The molecule has 2 saturated heterocycles. The average Bonchev–Trinajstić information content (AvgIpc) is 2.85. The summed E-state index contributed by atoms with van der Waals surface area (Å²) in [4.78, 5) is 27.6. The van der Waals surface area contributed by atoms with Crippen molar-refractivity contribution in [3.8, 4) is 0 Å². The van der Waals surface area contributed by atoms with Gasteiger partial charge in [-0.15, -0.1) is 0 Å².